The summed E-state index contributed by atoms with van der Waals surface area (Å²) < 4.78 is 5.94. The molecule has 6 nitrogen and oxygen atoms in total. The van der Waals surface area contributed by atoms with Crippen LogP contribution < -0.4 is 4.90 Å². The second kappa shape index (κ2) is 6.51. The van der Waals surface area contributed by atoms with Gasteiger partial charge in [-0.3, -0.25) is 4.90 Å². The fraction of sp³-hybridized carbons (Fsp3) is 0.562. The van der Waals surface area contributed by atoms with Crippen molar-refractivity contribution in [1.82, 2.24) is 19.9 Å². The van der Waals surface area contributed by atoms with Crippen molar-refractivity contribution in [3.8, 4) is 0 Å². The Balaban J connectivity index is 1.46. The van der Waals surface area contributed by atoms with Gasteiger partial charge in [-0.1, -0.05) is 0 Å². The van der Waals surface area contributed by atoms with Crippen LogP contribution in [-0.4, -0.2) is 59.2 Å². The van der Waals surface area contributed by atoms with Gasteiger partial charge in [-0.2, -0.15) is 0 Å². The van der Waals surface area contributed by atoms with Crippen molar-refractivity contribution in [2.45, 2.75) is 13.0 Å². The summed E-state index contributed by atoms with van der Waals surface area (Å²) in [4.78, 5) is 18.0. The molecule has 0 aliphatic carbocycles. The molecule has 1 unspecified atom stereocenters. The van der Waals surface area contributed by atoms with Gasteiger partial charge >= 0.3 is 0 Å². The van der Waals surface area contributed by atoms with Crippen LogP contribution in [-0.2, 0) is 11.3 Å². The van der Waals surface area contributed by atoms with Crippen molar-refractivity contribution in [3.63, 3.8) is 0 Å². The predicted molar refractivity (Wildman–Crippen MR) is 89.5 cm³/mol. The molecule has 7 heteroatoms. The minimum atomic E-state index is 0.174. The van der Waals surface area contributed by atoms with Gasteiger partial charge in [0, 0.05) is 55.6 Å². The van der Waals surface area contributed by atoms with Crippen LogP contribution in [0.2, 0.25) is 0 Å². The van der Waals surface area contributed by atoms with Crippen molar-refractivity contribution in [2.75, 3.05) is 44.3 Å². The first-order chi connectivity index (χ1) is 11.3. The van der Waals surface area contributed by atoms with Gasteiger partial charge in [0.25, 0.3) is 0 Å². The van der Waals surface area contributed by atoms with Crippen LogP contribution in [0.3, 0.4) is 0 Å². The van der Waals surface area contributed by atoms with Gasteiger partial charge in [0.2, 0.25) is 5.95 Å². The molecular formula is C16H21N5OS. The zero-order chi connectivity index (χ0) is 15.5. The van der Waals surface area contributed by atoms with Gasteiger partial charge in [0.15, 0.2) is 0 Å². The highest BCUT2D eigenvalue weighted by molar-refractivity contribution is 7.09. The minimum Gasteiger partial charge on any atom is -0.379 e. The normalized spacial score (nSPS) is 25.8. The summed E-state index contributed by atoms with van der Waals surface area (Å²) in [5.74, 6) is 0.833. The van der Waals surface area contributed by atoms with Gasteiger partial charge in [-0.05, 0) is 12.5 Å². The highest BCUT2D eigenvalue weighted by Crippen LogP contribution is 2.35. The molecule has 0 N–H and O–H groups in total. The first kappa shape index (κ1) is 15.0. The summed E-state index contributed by atoms with van der Waals surface area (Å²) in [5.41, 5.74) is 0.174. The van der Waals surface area contributed by atoms with Crippen molar-refractivity contribution in [1.29, 1.82) is 0 Å². The first-order valence-corrected chi connectivity index (χ1v) is 8.91. The average molecular weight is 331 g/mol. The number of hydrogen-bond donors (Lipinski definition) is 0. The van der Waals surface area contributed by atoms with Gasteiger partial charge in [0.05, 0.1) is 19.8 Å². The summed E-state index contributed by atoms with van der Waals surface area (Å²) in [5, 5.41) is 3.23. The highest BCUT2D eigenvalue weighted by Gasteiger charge is 2.41. The van der Waals surface area contributed by atoms with E-state index in [-0.39, 0.29) is 5.41 Å². The molecule has 23 heavy (non-hydrogen) atoms. The molecule has 0 saturated carbocycles. The van der Waals surface area contributed by atoms with Crippen LogP contribution in [0.1, 0.15) is 11.4 Å². The summed E-state index contributed by atoms with van der Waals surface area (Å²) in [7, 11) is 0. The van der Waals surface area contributed by atoms with Gasteiger partial charge in [0.1, 0.15) is 5.01 Å². The Labute approximate surface area is 140 Å². The van der Waals surface area contributed by atoms with Crippen molar-refractivity contribution < 1.29 is 4.74 Å². The second-order valence-electron chi connectivity index (χ2n) is 6.41. The maximum atomic E-state index is 5.94. The van der Waals surface area contributed by atoms with Crippen molar-refractivity contribution in [3.05, 3.63) is 35.0 Å². The lowest BCUT2D eigenvalue weighted by Gasteiger charge is -2.31. The summed E-state index contributed by atoms with van der Waals surface area (Å²) >= 11 is 1.73. The Bertz CT molecular complexity index is 623. The SMILES string of the molecule is c1cnc(N2CCC3(COCCN(Cc4nccs4)C3)C2)nc1. The Kier molecular flexibility index (Phi) is 4.24. The van der Waals surface area contributed by atoms with E-state index in [0.717, 1.165) is 58.3 Å². The topological polar surface area (TPSA) is 54.4 Å². The molecule has 1 atom stereocenters. The number of anilines is 1. The molecule has 2 aliphatic heterocycles. The van der Waals surface area contributed by atoms with Gasteiger partial charge < -0.3 is 9.64 Å². The van der Waals surface area contributed by atoms with Crippen molar-refractivity contribution >= 4 is 17.3 Å². The van der Waals surface area contributed by atoms with E-state index in [1.807, 2.05) is 30.0 Å². The van der Waals surface area contributed by atoms with E-state index in [9.17, 15) is 0 Å². The molecule has 2 fully saturated rings. The van der Waals surface area contributed by atoms with E-state index in [4.69, 9.17) is 4.74 Å². The Morgan fingerprint density at radius 2 is 2.04 bits per heavy atom. The lowest BCUT2D eigenvalue weighted by Crippen LogP contribution is -2.40. The van der Waals surface area contributed by atoms with Crippen LogP contribution in [0, 0.1) is 5.41 Å². The molecule has 4 heterocycles. The third-order valence-corrected chi connectivity index (χ3v) is 5.40. The summed E-state index contributed by atoms with van der Waals surface area (Å²) in [6, 6.07) is 1.86. The zero-order valence-corrected chi connectivity index (χ0v) is 13.9. The molecule has 4 rings (SSSR count). The highest BCUT2D eigenvalue weighted by atomic mass is 32.1. The molecule has 0 aromatic carbocycles. The van der Waals surface area contributed by atoms with E-state index in [2.05, 4.69) is 24.8 Å². The molecule has 0 bridgehead atoms. The third kappa shape index (κ3) is 3.36. The standard InChI is InChI=1S/C16H21N5OS/c1-3-18-15(19-4-1)21-6-2-16(12-21)11-20(7-8-22-13-16)10-14-17-5-9-23-14/h1,3-5,9H,2,6-8,10-13H2. The molecule has 2 aromatic heterocycles. The summed E-state index contributed by atoms with van der Waals surface area (Å²) in [6.45, 7) is 6.53. The quantitative estimate of drug-likeness (QED) is 0.853. The molecule has 2 aromatic rings. The van der Waals surface area contributed by atoms with Crippen LogP contribution in [0.5, 0.6) is 0 Å². The molecule has 122 valence electrons. The third-order valence-electron chi connectivity index (χ3n) is 4.63. The molecule has 0 radical (unpaired) electrons. The maximum absolute atomic E-state index is 5.94. The van der Waals surface area contributed by atoms with E-state index in [0.29, 0.717) is 0 Å². The lowest BCUT2D eigenvalue weighted by molar-refractivity contribution is 0.0798. The largest absolute Gasteiger partial charge is 0.379 e. The van der Waals surface area contributed by atoms with E-state index in [1.165, 1.54) is 5.01 Å². The fourth-order valence-corrected chi connectivity index (χ4v) is 4.20. The number of hydrogen-bond acceptors (Lipinski definition) is 7. The number of nitrogens with zero attached hydrogens (tertiary/aromatic N) is 5. The smallest absolute Gasteiger partial charge is 0.225 e. The zero-order valence-electron chi connectivity index (χ0n) is 13.1. The van der Waals surface area contributed by atoms with Gasteiger partial charge in [-0.25, -0.2) is 15.0 Å². The second-order valence-corrected chi connectivity index (χ2v) is 7.39. The number of ether oxygens (including phenoxy) is 1. The van der Waals surface area contributed by atoms with Crippen molar-refractivity contribution in [2.24, 2.45) is 5.41 Å². The maximum Gasteiger partial charge on any atom is 0.225 e. The molecule has 1 spiro atoms. The number of thiazole rings is 1. The Morgan fingerprint density at radius 3 is 2.87 bits per heavy atom. The molecular weight excluding hydrogens is 310 g/mol. The summed E-state index contributed by atoms with van der Waals surface area (Å²) in [6.07, 6.45) is 6.63. The monoisotopic (exact) mass is 331 g/mol. The van der Waals surface area contributed by atoms with E-state index < -0.39 is 0 Å². The lowest BCUT2D eigenvalue weighted by atomic mass is 9.87. The van der Waals surface area contributed by atoms with E-state index >= 15 is 0 Å². The Hall–Kier alpha value is -1.57. The van der Waals surface area contributed by atoms with Gasteiger partial charge in [-0.15, -0.1) is 11.3 Å². The first-order valence-electron chi connectivity index (χ1n) is 8.04. The van der Waals surface area contributed by atoms with Crippen LogP contribution in [0.15, 0.2) is 30.0 Å². The average Bonchev–Trinajstić information content (AvgIpc) is 3.18. The van der Waals surface area contributed by atoms with E-state index in [1.54, 1.807) is 11.3 Å². The van der Waals surface area contributed by atoms with Crippen LogP contribution >= 0.6 is 11.3 Å². The molecule has 2 saturated heterocycles. The van der Waals surface area contributed by atoms with Crippen LogP contribution in [0.25, 0.3) is 0 Å². The molecule has 2 aliphatic rings. The predicted octanol–water partition coefficient (Wildman–Crippen LogP) is 1.66. The number of rotatable bonds is 3. The molecule has 0 amide bonds. The minimum absolute atomic E-state index is 0.174. The number of aromatic nitrogens is 3. The van der Waals surface area contributed by atoms with Crippen LogP contribution in [0.4, 0.5) is 5.95 Å². The fourth-order valence-electron chi connectivity index (χ4n) is 3.55. The Morgan fingerprint density at radius 1 is 1.13 bits per heavy atom.